The van der Waals surface area contributed by atoms with Gasteiger partial charge in [0.05, 0.1) is 23.5 Å². The standard InChI is InChI=1S/C22H15ClN2O5/c1-29-16-6-2-13(3-7-16)22-12-19(17-10-14(23)4-9-21(17)30-22)24-18-8-5-15(25(27)28)11-20(18)26/h2-12,26H,1H3. The molecule has 0 atom stereocenters. The number of hydrogen-bond acceptors (Lipinski definition) is 6. The van der Waals surface area contributed by atoms with Crippen LogP contribution >= 0.6 is 11.6 Å². The summed E-state index contributed by atoms with van der Waals surface area (Å²) >= 11 is 6.15. The van der Waals surface area contributed by atoms with Crippen LogP contribution in [-0.4, -0.2) is 17.1 Å². The summed E-state index contributed by atoms with van der Waals surface area (Å²) in [6.07, 6.45) is 0. The number of ether oxygens (including phenoxy) is 1. The van der Waals surface area contributed by atoms with Crippen LogP contribution in [0.1, 0.15) is 0 Å². The predicted octanol–water partition coefficient (Wildman–Crippen LogP) is 5.61. The molecule has 0 aliphatic heterocycles. The zero-order chi connectivity index (χ0) is 21.3. The third-order valence-corrected chi connectivity index (χ3v) is 4.73. The van der Waals surface area contributed by atoms with Gasteiger partial charge in [0.2, 0.25) is 0 Å². The van der Waals surface area contributed by atoms with Crippen molar-refractivity contribution in [3.8, 4) is 22.8 Å². The SMILES string of the molecule is COc1ccc(-c2cc(=Nc3ccc([N+](=O)[O-])cc3O)c3cc(Cl)ccc3o2)cc1. The molecule has 0 spiro atoms. The van der Waals surface area contributed by atoms with Crippen molar-refractivity contribution in [2.75, 3.05) is 7.11 Å². The Morgan fingerprint density at radius 3 is 2.50 bits per heavy atom. The van der Waals surface area contributed by atoms with E-state index in [1.165, 1.54) is 12.1 Å². The first kappa shape index (κ1) is 19.5. The molecule has 4 aromatic rings. The minimum Gasteiger partial charge on any atom is -0.505 e. The topological polar surface area (TPSA) is 98.1 Å². The number of methoxy groups -OCH3 is 1. The van der Waals surface area contributed by atoms with Crippen molar-refractivity contribution < 1.29 is 19.2 Å². The van der Waals surface area contributed by atoms with Gasteiger partial charge in [0, 0.05) is 28.1 Å². The molecule has 8 heteroatoms. The Hall–Kier alpha value is -3.84. The average molecular weight is 423 g/mol. The Morgan fingerprint density at radius 2 is 1.83 bits per heavy atom. The molecule has 0 aliphatic rings. The van der Waals surface area contributed by atoms with Crippen molar-refractivity contribution >= 4 is 33.9 Å². The summed E-state index contributed by atoms with van der Waals surface area (Å²) in [5, 5.41) is 22.8. The van der Waals surface area contributed by atoms with E-state index in [0.717, 1.165) is 11.6 Å². The van der Waals surface area contributed by atoms with Crippen molar-refractivity contribution in [2.24, 2.45) is 4.99 Å². The Balaban J connectivity index is 1.94. The highest BCUT2D eigenvalue weighted by Crippen LogP contribution is 2.31. The van der Waals surface area contributed by atoms with Crippen LogP contribution in [0, 0.1) is 10.1 Å². The number of nitro benzene ring substituents is 1. The lowest BCUT2D eigenvalue weighted by Crippen LogP contribution is -2.03. The maximum atomic E-state index is 10.9. The van der Waals surface area contributed by atoms with Gasteiger partial charge in [0.1, 0.15) is 28.5 Å². The molecule has 1 heterocycles. The van der Waals surface area contributed by atoms with Crippen molar-refractivity contribution in [1.29, 1.82) is 0 Å². The third-order valence-electron chi connectivity index (χ3n) is 4.49. The molecule has 0 saturated heterocycles. The number of phenols is 1. The van der Waals surface area contributed by atoms with Gasteiger partial charge in [-0.25, -0.2) is 4.99 Å². The Labute approximate surface area is 175 Å². The first-order valence-electron chi connectivity index (χ1n) is 8.84. The fourth-order valence-electron chi connectivity index (χ4n) is 2.98. The Bertz CT molecular complexity index is 1330. The van der Waals surface area contributed by atoms with Crippen molar-refractivity contribution in [1.82, 2.24) is 0 Å². The number of fused-ring (bicyclic) bond motifs is 1. The number of nitrogens with zero attached hydrogens (tertiary/aromatic N) is 2. The molecule has 0 bridgehead atoms. The minimum absolute atomic E-state index is 0.189. The number of non-ortho nitro benzene ring substituents is 1. The molecule has 0 aliphatic carbocycles. The van der Waals surface area contributed by atoms with E-state index in [2.05, 4.69) is 4.99 Å². The van der Waals surface area contributed by atoms with Crippen LogP contribution in [0.5, 0.6) is 11.5 Å². The van der Waals surface area contributed by atoms with Crippen LogP contribution in [0.25, 0.3) is 22.3 Å². The molecule has 0 fully saturated rings. The number of aromatic hydroxyl groups is 1. The van der Waals surface area contributed by atoms with Gasteiger partial charge < -0.3 is 14.3 Å². The van der Waals surface area contributed by atoms with Crippen LogP contribution in [0.2, 0.25) is 5.02 Å². The quantitative estimate of drug-likeness (QED) is 0.340. The first-order valence-corrected chi connectivity index (χ1v) is 9.22. The molecule has 7 nitrogen and oxygen atoms in total. The fraction of sp³-hybridized carbons (Fsp3) is 0.0455. The maximum Gasteiger partial charge on any atom is 0.273 e. The Morgan fingerprint density at radius 1 is 1.07 bits per heavy atom. The second-order valence-corrected chi connectivity index (χ2v) is 6.84. The van der Waals surface area contributed by atoms with Gasteiger partial charge in [0.25, 0.3) is 5.69 Å². The molecular formula is C22H15ClN2O5. The number of rotatable bonds is 4. The van der Waals surface area contributed by atoms with Gasteiger partial charge in [-0.3, -0.25) is 10.1 Å². The van der Waals surface area contributed by atoms with Crippen LogP contribution in [0.3, 0.4) is 0 Å². The predicted molar refractivity (Wildman–Crippen MR) is 113 cm³/mol. The normalized spacial score (nSPS) is 11.6. The lowest BCUT2D eigenvalue weighted by molar-refractivity contribution is -0.384. The van der Waals surface area contributed by atoms with Gasteiger partial charge in [-0.2, -0.15) is 0 Å². The molecule has 0 unspecified atom stereocenters. The summed E-state index contributed by atoms with van der Waals surface area (Å²) in [6, 6.07) is 17.9. The van der Waals surface area contributed by atoms with E-state index in [-0.39, 0.29) is 17.1 Å². The van der Waals surface area contributed by atoms with E-state index in [4.69, 9.17) is 20.8 Å². The van der Waals surface area contributed by atoms with Crippen LogP contribution < -0.4 is 10.1 Å². The number of halogens is 1. The largest absolute Gasteiger partial charge is 0.505 e. The molecule has 1 aromatic heterocycles. The summed E-state index contributed by atoms with van der Waals surface area (Å²) in [5.41, 5.74) is 1.32. The smallest absolute Gasteiger partial charge is 0.273 e. The van der Waals surface area contributed by atoms with Crippen LogP contribution in [0.15, 0.2) is 76.1 Å². The molecule has 0 radical (unpaired) electrons. The van der Waals surface area contributed by atoms with Crippen molar-refractivity contribution in [2.45, 2.75) is 0 Å². The molecule has 30 heavy (non-hydrogen) atoms. The molecular weight excluding hydrogens is 408 g/mol. The second kappa shape index (κ2) is 7.88. The van der Waals surface area contributed by atoms with E-state index in [9.17, 15) is 15.2 Å². The molecule has 0 saturated carbocycles. The average Bonchev–Trinajstić information content (AvgIpc) is 2.75. The second-order valence-electron chi connectivity index (χ2n) is 6.41. The zero-order valence-corrected chi connectivity index (χ0v) is 16.5. The zero-order valence-electron chi connectivity index (χ0n) is 15.7. The van der Waals surface area contributed by atoms with Gasteiger partial charge in [0.15, 0.2) is 0 Å². The van der Waals surface area contributed by atoms with Crippen molar-refractivity contribution in [3.63, 3.8) is 0 Å². The van der Waals surface area contributed by atoms with E-state index in [0.29, 0.717) is 32.9 Å². The molecule has 4 rings (SSSR count). The van der Waals surface area contributed by atoms with Gasteiger partial charge in [-0.1, -0.05) is 11.6 Å². The van der Waals surface area contributed by atoms with Crippen LogP contribution in [-0.2, 0) is 0 Å². The summed E-state index contributed by atoms with van der Waals surface area (Å²) in [6.45, 7) is 0. The number of phenolic OH excluding ortho intramolecular Hbond substituents is 1. The summed E-state index contributed by atoms with van der Waals surface area (Å²) in [5.74, 6) is 0.964. The highest BCUT2D eigenvalue weighted by molar-refractivity contribution is 6.31. The van der Waals surface area contributed by atoms with Gasteiger partial charge in [-0.15, -0.1) is 0 Å². The highest BCUT2D eigenvalue weighted by atomic mass is 35.5. The number of nitro groups is 1. The van der Waals surface area contributed by atoms with E-state index in [1.54, 1.807) is 31.4 Å². The summed E-state index contributed by atoms with van der Waals surface area (Å²) in [7, 11) is 1.59. The first-order chi connectivity index (χ1) is 14.4. The fourth-order valence-corrected chi connectivity index (χ4v) is 3.15. The molecule has 150 valence electrons. The van der Waals surface area contributed by atoms with Gasteiger partial charge in [-0.05, 0) is 48.5 Å². The third kappa shape index (κ3) is 3.83. The lowest BCUT2D eigenvalue weighted by Gasteiger charge is -2.07. The molecule has 0 amide bonds. The van der Waals surface area contributed by atoms with Crippen LogP contribution in [0.4, 0.5) is 11.4 Å². The van der Waals surface area contributed by atoms with Gasteiger partial charge >= 0.3 is 0 Å². The minimum atomic E-state index is -0.581. The summed E-state index contributed by atoms with van der Waals surface area (Å²) < 4.78 is 11.2. The Kier molecular flexibility index (Phi) is 5.12. The summed E-state index contributed by atoms with van der Waals surface area (Å²) in [4.78, 5) is 14.8. The van der Waals surface area contributed by atoms with E-state index in [1.807, 2.05) is 24.3 Å². The highest BCUT2D eigenvalue weighted by Gasteiger charge is 2.11. The maximum absolute atomic E-state index is 10.9. The van der Waals surface area contributed by atoms with E-state index >= 15 is 0 Å². The lowest BCUT2D eigenvalue weighted by atomic mass is 10.1. The van der Waals surface area contributed by atoms with Crippen molar-refractivity contribution in [3.05, 3.63) is 87.2 Å². The number of hydrogen-bond donors (Lipinski definition) is 1. The molecule has 3 aromatic carbocycles. The monoisotopic (exact) mass is 422 g/mol. The van der Waals surface area contributed by atoms with E-state index < -0.39 is 4.92 Å². The molecule has 1 N–H and O–H groups in total. The number of benzene rings is 3.